The molecule has 10 heteroatoms. The molecule has 138 valence electrons. The summed E-state index contributed by atoms with van der Waals surface area (Å²) in [6, 6.07) is 6.51. The van der Waals surface area contributed by atoms with Gasteiger partial charge in [-0.2, -0.15) is 0 Å². The Bertz CT molecular complexity index is 918. The first-order valence-electron chi connectivity index (χ1n) is 7.37. The number of hydrogen-bond donors (Lipinski definition) is 4. The topological polar surface area (TPSA) is 143 Å². The van der Waals surface area contributed by atoms with Gasteiger partial charge in [-0.3, -0.25) is 14.6 Å². The number of ether oxygens (including phenoxy) is 2. The summed E-state index contributed by atoms with van der Waals surface area (Å²) in [5, 5.41) is 19.4. The van der Waals surface area contributed by atoms with Crippen LogP contribution in [0, 0.1) is 0 Å². The fraction of sp³-hybridized carbons (Fsp3) is 0.188. The SMILES string of the molecule is COc1ccc([C@@H]2CC(=O)c3c(O)cc(O)cc3O2)cc1OP(=O)(O)O. The van der Waals surface area contributed by atoms with Crippen LogP contribution in [0.25, 0.3) is 0 Å². The molecule has 0 fully saturated rings. The van der Waals surface area contributed by atoms with E-state index >= 15 is 0 Å². The zero-order valence-corrected chi connectivity index (χ0v) is 14.3. The van der Waals surface area contributed by atoms with Crippen LogP contribution in [0.1, 0.15) is 28.4 Å². The molecule has 2 aromatic carbocycles. The molecule has 4 N–H and O–H groups in total. The number of fused-ring (bicyclic) bond motifs is 1. The van der Waals surface area contributed by atoms with Crippen LogP contribution in [0.5, 0.6) is 28.7 Å². The molecular weight excluding hydrogens is 367 g/mol. The first-order valence-corrected chi connectivity index (χ1v) is 8.90. The number of methoxy groups -OCH3 is 1. The van der Waals surface area contributed by atoms with E-state index in [1.807, 2.05) is 0 Å². The highest BCUT2D eigenvalue weighted by Gasteiger charge is 2.31. The van der Waals surface area contributed by atoms with Crippen LogP contribution in [-0.2, 0) is 4.57 Å². The van der Waals surface area contributed by atoms with Crippen molar-refractivity contribution in [2.24, 2.45) is 0 Å². The lowest BCUT2D eigenvalue weighted by atomic mass is 9.95. The highest BCUT2D eigenvalue weighted by molar-refractivity contribution is 7.46. The molecule has 0 spiro atoms. The lowest BCUT2D eigenvalue weighted by molar-refractivity contribution is 0.0844. The lowest BCUT2D eigenvalue weighted by Crippen LogP contribution is -2.20. The van der Waals surface area contributed by atoms with Crippen LogP contribution < -0.4 is 14.0 Å². The fourth-order valence-electron chi connectivity index (χ4n) is 2.70. The van der Waals surface area contributed by atoms with E-state index < -0.39 is 19.7 Å². The van der Waals surface area contributed by atoms with E-state index in [0.717, 1.165) is 6.07 Å². The van der Waals surface area contributed by atoms with E-state index in [9.17, 15) is 19.6 Å². The van der Waals surface area contributed by atoms with Crippen LogP contribution in [0.15, 0.2) is 30.3 Å². The van der Waals surface area contributed by atoms with Gasteiger partial charge in [0.1, 0.15) is 28.9 Å². The van der Waals surface area contributed by atoms with Crippen molar-refractivity contribution in [3.8, 4) is 28.7 Å². The average molecular weight is 382 g/mol. The van der Waals surface area contributed by atoms with Crippen molar-refractivity contribution in [2.75, 3.05) is 7.11 Å². The number of phenols is 2. The molecule has 0 radical (unpaired) electrons. The minimum absolute atomic E-state index is 0.0111. The summed E-state index contributed by atoms with van der Waals surface area (Å²) in [6.45, 7) is 0. The van der Waals surface area contributed by atoms with Gasteiger partial charge in [-0.25, -0.2) is 4.57 Å². The third kappa shape index (κ3) is 3.60. The molecule has 9 nitrogen and oxygen atoms in total. The standard InChI is InChI=1S/C16H15O9P/c1-23-12-3-2-8(4-14(12)25-26(20,21)22)13-7-11(19)16-10(18)5-9(17)6-15(16)24-13/h2-6,13,17-18H,7H2,1H3,(H2,20,21,22)/t13-/m0/s1. The zero-order valence-electron chi connectivity index (χ0n) is 13.4. The van der Waals surface area contributed by atoms with Crippen molar-refractivity contribution >= 4 is 13.6 Å². The number of carbonyl (C=O) groups excluding carboxylic acids is 1. The molecule has 0 aromatic heterocycles. The molecule has 1 aliphatic heterocycles. The predicted octanol–water partition coefficient (Wildman–Crippen LogP) is 2.28. The number of carbonyl (C=O) groups is 1. The number of phosphoric ester groups is 1. The summed E-state index contributed by atoms with van der Waals surface area (Å²) in [6.07, 6.45) is -0.922. The van der Waals surface area contributed by atoms with Gasteiger partial charge in [0.2, 0.25) is 0 Å². The Morgan fingerprint density at radius 3 is 2.54 bits per heavy atom. The number of ketones is 1. The van der Waals surface area contributed by atoms with Gasteiger partial charge in [0.15, 0.2) is 17.3 Å². The maximum absolute atomic E-state index is 12.3. The number of phenolic OH excluding ortho intramolecular Hbond substituents is 2. The third-order valence-electron chi connectivity index (χ3n) is 3.76. The Morgan fingerprint density at radius 1 is 1.15 bits per heavy atom. The van der Waals surface area contributed by atoms with Crippen molar-refractivity contribution in [3.63, 3.8) is 0 Å². The molecule has 26 heavy (non-hydrogen) atoms. The second kappa shape index (κ2) is 6.53. The van der Waals surface area contributed by atoms with Crippen LogP contribution in [0.2, 0.25) is 0 Å². The predicted molar refractivity (Wildman–Crippen MR) is 87.8 cm³/mol. The second-order valence-corrected chi connectivity index (χ2v) is 6.73. The molecule has 0 aliphatic carbocycles. The van der Waals surface area contributed by atoms with Crippen molar-refractivity contribution < 1.29 is 43.4 Å². The molecule has 0 saturated heterocycles. The van der Waals surface area contributed by atoms with E-state index in [0.29, 0.717) is 5.56 Å². The third-order valence-corrected chi connectivity index (χ3v) is 4.20. The molecule has 1 atom stereocenters. The molecule has 0 saturated carbocycles. The Hall–Kier alpha value is -2.74. The van der Waals surface area contributed by atoms with Crippen LogP contribution in [0.3, 0.4) is 0 Å². The quantitative estimate of drug-likeness (QED) is 0.586. The van der Waals surface area contributed by atoms with Crippen LogP contribution >= 0.6 is 7.82 Å². The molecule has 1 heterocycles. The minimum atomic E-state index is -4.82. The summed E-state index contributed by atoms with van der Waals surface area (Å²) in [7, 11) is -3.51. The van der Waals surface area contributed by atoms with Gasteiger partial charge in [0.05, 0.1) is 13.5 Å². The van der Waals surface area contributed by atoms with Crippen LogP contribution in [-0.4, -0.2) is 32.9 Å². The zero-order chi connectivity index (χ0) is 19.1. The van der Waals surface area contributed by atoms with Gasteiger partial charge in [-0.15, -0.1) is 0 Å². The van der Waals surface area contributed by atoms with E-state index in [2.05, 4.69) is 4.52 Å². The first-order chi connectivity index (χ1) is 12.2. The Kier molecular flexibility index (Phi) is 4.53. The molecule has 1 aliphatic rings. The summed E-state index contributed by atoms with van der Waals surface area (Å²) >= 11 is 0. The molecule has 3 rings (SSSR count). The van der Waals surface area contributed by atoms with Crippen LogP contribution in [0.4, 0.5) is 0 Å². The summed E-state index contributed by atoms with van der Waals surface area (Å²) in [5.74, 6) is -1.16. The van der Waals surface area contributed by atoms with Gasteiger partial charge in [0, 0.05) is 12.1 Å². The number of aromatic hydroxyl groups is 2. The summed E-state index contributed by atoms with van der Waals surface area (Å²) < 4.78 is 26.4. The number of hydrogen-bond acceptors (Lipinski definition) is 7. The maximum Gasteiger partial charge on any atom is 0.524 e. The molecule has 2 aromatic rings. The Balaban J connectivity index is 1.98. The van der Waals surface area contributed by atoms with Crippen molar-refractivity contribution in [1.82, 2.24) is 0 Å². The van der Waals surface area contributed by atoms with Gasteiger partial charge >= 0.3 is 7.82 Å². The van der Waals surface area contributed by atoms with E-state index in [1.165, 1.54) is 25.3 Å². The van der Waals surface area contributed by atoms with Gasteiger partial charge < -0.3 is 24.2 Å². The number of Topliss-reactive ketones (excluding diaryl/α,β-unsaturated/α-hetero) is 1. The van der Waals surface area contributed by atoms with Crippen molar-refractivity contribution in [2.45, 2.75) is 12.5 Å². The lowest BCUT2D eigenvalue weighted by Gasteiger charge is -2.26. The number of rotatable bonds is 4. The second-order valence-electron chi connectivity index (χ2n) is 5.56. The summed E-state index contributed by atoms with van der Waals surface area (Å²) in [5.41, 5.74) is 0.371. The fourth-order valence-corrected chi connectivity index (χ4v) is 3.10. The summed E-state index contributed by atoms with van der Waals surface area (Å²) in [4.78, 5) is 30.4. The normalized spacial score (nSPS) is 16.6. The Labute approximate surface area is 147 Å². The molecule has 0 amide bonds. The van der Waals surface area contributed by atoms with Gasteiger partial charge in [0.25, 0.3) is 0 Å². The maximum atomic E-state index is 12.3. The van der Waals surface area contributed by atoms with Crippen molar-refractivity contribution in [1.29, 1.82) is 0 Å². The molecule has 0 unspecified atom stereocenters. The van der Waals surface area contributed by atoms with Crippen molar-refractivity contribution in [3.05, 3.63) is 41.5 Å². The Morgan fingerprint density at radius 2 is 1.88 bits per heavy atom. The van der Waals surface area contributed by atoms with Gasteiger partial charge in [-0.05, 0) is 17.7 Å². The number of phosphoric acid groups is 1. The average Bonchev–Trinajstić information content (AvgIpc) is 2.52. The van der Waals surface area contributed by atoms with E-state index in [-0.39, 0.29) is 40.7 Å². The monoisotopic (exact) mass is 382 g/mol. The largest absolute Gasteiger partial charge is 0.524 e. The smallest absolute Gasteiger partial charge is 0.508 e. The highest BCUT2D eigenvalue weighted by Crippen LogP contribution is 2.45. The van der Waals surface area contributed by atoms with E-state index in [1.54, 1.807) is 6.07 Å². The highest BCUT2D eigenvalue weighted by atomic mass is 31.2. The first kappa shape index (κ1) is 18.1. The van der Waals surface area contributed by atoms with E-state index in [4.69, 9.17) is 19.3 Å². The minimum Gasteiger partial charge on any atom is -0.508 e. The number of benzene rings is 2. The molecular formula is C16H15O9P. The van der Waals surface area contributed by atoms with Gasteiger partial charge in [-0.1, -0.05) is 6.07 Å². The molecule has 0 bridgehead atoms.